The van der Waals surface area contributed by atoms with Gasteiger partial charge < -0.3 is 18.9 Å². The predicted molar refractivity (Wildman–Crippen MR) is 178 cm³/mol. The van der Waals surface area contributed by atoms with Crippen LogP contribution in [0.2, 0.25) is 0 Å². The third kappa shape index (κ3) is 12.9. The third-order valence-corrected chi connectivity index (χ3v) is 9.19. The highest BCUT2D eigenvalue weighted by molar-refractivity contribution is 5.75. The lowest BCUT2D eigenvalue weighted by molar-refractivity contribution is -0.310. The van der Waals surface area contributed by atoms with E-state index in [4.69, 9.17) is 23.8 Å². The smallest absolute Gasteiger partial charge is 0.339 e. The number of hydrogen-bond donors (Lipinski definition) is 0. The first-order valence-corrected chi connectivity index (χ1v) is 17.7. The minimum Gasteiger partial charge on any atom is -0.462 e. The Hall–Kier alpha value is -2.28. The van der Waals surface area contributed by atoms with Crippen LogP contribution in [0, 0.1) is 5.92 Å². The Labute approximate surface area is 288 Å². The van der Waals surface area contributed by atoms with Crippen molar-refractivity contribution in [1.29, 1.82) is 0 Å². The molecule has 0 bridgehead atoms. The van der Waals surface area contributed by atoms with Crippen molar-refractivity contribution < 1.29 is 48.2 Å². The zero-order chi connectivity index (χ0) is 36.5. The number of nitrogens with zero attached hydrogens (tertiary/aromatic N) is 2. The van der Waals surface area contributed by atoms with Crippen molar-refractivity contribution in [3.8, 4) is 0 Å². The first kappa shape index (κ1) is 41.9. The highest BCUT2D eigenvalue weighted by Gasteiger charge is 2.49. The number of piperidine rings is 2. The van der Waals surface area contributed by atoms with E-state index in [0.717, 1.165) is 43.6 Å². The molecule has 0 aromatic rings. The molecule has 0 aliphatic carbocycles. The highest BCUT2D eigenvalue weighted by Crippen LogP contribution is 2.41. The minimum absolute atomic E-state index is 0.198. The zero-order valence-corrected chi connectivity index (χ0v) is 31.5. The summed E-state index contributed by atoms with van der Waals surface area (Å²) in [5.41, 5.74) is -2.21. The number of carbonyl (C=O) groups excluding carboxylic acids is 4. The molecule has 277 valence electrons. The van der Waals surface area contributed by atoms with Crippen LogP contribution in [0.5, 0.6) is 0 Å². The first-order chi connectivity index (χ1) is 22.1. The van der Waals surface area contributed by atoms with E-state index in [0.29, 0.717) is 38.5 Å². The topological polar surface area (TPSA) is 141 Å². The van der Waals surface area contributed by atoms with E-state index in [1.807, 2.05) is 55.4 Å². The van der Waals surface area contributed by atoms with Gasteiger partial charge in [0.15, 0.2) is 6.10 Å². The molecule has 0 aromatic heterocycles. The number of esters is 4. The maximum Gasteiger partial charge on any atom is 0.339 e. The number of ether oxygens (including phenoxy) is 4. The molecule has 0 saturated carbocycles. The van der Waals surface area contributed by atoms with Gasteiger partial charge in [-0.05, 0) is 75.2 Å². The average Bonchev–Trinajstić information content (AvgIpc) is 2.93. The van der Waals surface area contributed by atoms with Gasteiger partial charge in [-0.3, -0.25) is 19.2 Å². The normalized spacial score (nSPS) is 21.8. The molecular weight excluding hydrogens is 620 g/mol. The maximum absolute atomic E-state index is 12.7. The van der Waals surface area contributed by atoms with Gasteiger partial charge in [-0.25, -0.2) is 4.79 Å². The summed E-state index contributed by atoms with van der Waals surface area (Å²) in [4.78, 5) is 55.3. The van der Waals surface area contributed by atoms with E-state index in [1.54, 1.807) is 25.8 Å². The van der Waals surface area contributed by atoms with Gasteiger partial charge in [0, 0.05) is 60.7 Å². The Morgan fingerprint density at radius 2 is 0.979 bits per heavy atom. The van der Waals surface area contributed by atoms with Gasteiger partial charge in [0.2, 0.25) is 6.79 Å². The molecule has 2 saturated heterocycles. The molecule has 1 unspecified atom stereocenters. The fourth-order valence-electron chi connectivity index (χ4n) is 7.16. The molecule has 48 heavy (non-hydrogen) atoms. The molecule has 2 aliphatic rings. The molecule has 0 aromatic carbocycles. The summed E-state index contributed by atoms with van der Waals surface area (Å²) in [5, 5.41) is 15.4. The van der Waals surface area contributed by atoms with E-state index in [-0.39, 0.29) is 30.1 Å². The Kier molecular flexibility index (Phi) is 15.3. The van der Waals surface area contributed by atoms with Gasteiger partial charge >= 0.3 is 23.9 Å². The van der Waals surface area contributed by atoms with Crippen LogP contribution in [0.15, 0.2) is 0 Å². The fraction of sp³-hybridized carbons (Fsp3) is 0.889. The summed E-state index contributed by atoms with van der Waals surface area (Å²) in [6, 6.07) is 0. The van der Waals surface area contributed by atoms with Gasteiger partial charge in [-0.1, -0.05) is 39.5 Å². The van der Waals surface area contributed by atoms with Gasteiger partial charge in [-0.15, -0.1) is 10.3 Å². The standard InChI is InChI=1S/C36H63N2O10/c1-25(2)31(41)44-24-45-32(42)26(3)48-38-35(8,9)22-28(23-36(38,10)11)47-30(40)19-17-15-13-12-14-16-18-29(39)46-27-20-33(4,5)37(43)34(6,7)21-27/h25-28H,12-24H2,1-11H3. The molecule has 12 heteroatoms. The molecular formula is C36H63N2O10. The lowest BCUT2D eigenvalue weighted by Crippen LogP contribution is -2.63. The van der Waals surface area contributed by atoms with E-state index >= 15 is 0 Å². The van der Waals surface area contributed by atoms with Crippen molar-refractivity contribution in [2.24, 2.45) is 5.92 Å². The second-order valence-electron chi connectivity index (χ2n) is 16.4. The molecule has 2 heterocycles. The van der Waals surface area contributed by atoms with Crippen LogP contribution < -0.4 is 0 Å². The van der Waals surface area contributed by atoms with Crippen LogP contribution in [0.25, 0.3) is 0 Å². The second-order valence-corrected chi connectivity index (χ2v) is 16.4. The number of carbonyl (C=O) groups is 4. The second kappa shape index (κ2) is 17.6. The zero-order valence-electron chi connectivity index (χ0n) is 31.5. The minimum atomic E-state index is -0.927. The molecule has 0 N–H and O–H groups in total. The Bertz CT molecular complexity index is 1050. The molecule has 2 rings (SSSR count). The third-order valence-electron chi connectivity index (χ3n) is 9.19. The first-order valence-electron chi connectivity index (χ1n) is 17.7. The molecule has 1 radical (unpaired) electrons. The maximum atomic E-state index is 12.7. The van der Waals surface area contributed by atoms with E-state index in [2.05, 4.69) is 0 Å². The van der Waals surface area contributed by atoms with Crippen LogP contribution >= 0.6 is 0 Å². The van der Waals surface area contributed by atoms with E-state index < -0.39 is 47.0 Å². The SMILES string of the molecule is CC(C)C(=O)OCOC(=O)C(C)ON1C(C)(C)CC(OC(=O)CCCCCCCCC(=O)OC2CC(C)(C)N([O])C(C)(C)C2)CC1(C)C. The van der Waals surface area contributed by atoms with Gasteiger partial charge in [0.05, 0.1) is 5.92 Å². The van der Waals surface area contributed by atoms with Crippen LogP contribution in [-0.4, -0.2) is 81.3 Å². The van der Waals surface area contributed by atoms with Crippen LogP contribution in [0.4, 0.5) is 0 Å². The van der Waals surface area contributed by atoms with Crippen LogP contribution in [0.3, 0.4) is 0 Å². The van der Waals surface area contributed by atoms with Crippen molar-refractivity contribution in [2.75, 3.05) is 6.79 Å². The van der Waals surface area contributed by atoms with Crippen molar-refractivity contribution >= 4 is 23.9 Å². The Morgan fingerprint density at radius 3 is 1.40 bits per heavy atom. The Morgan fingerprint density at radius 1 is 0.604 bits per heavy atom. The lowest BCUT2D eigenvalue weighted by Gasteiger charge is -2.53. The quantitative estimate of drug-likeness (QED) is 0.0708. The summed E-state index contributed by atoms with van der Waals surface area (Å²) in [6.07, 6.45) is 6.70. The lowest BCUT2D eigenvalue weighted by atomic mass is 9.80. The summed E-state index contributed by atoms with van der Waals surface area (Å²) in [5.74, 6) is -1.83. The molecule has 12 nitrogen and oxygen atoms in total. The molecule has 0 spiro atoms. The van der Waals surface area contributed by atoms with Gasteiger partial charge in [0.25, 0.3) is 0 Å². The average molecular weight is 684 g/mol. The summed E-state index contributed by atoms with van der Waals surface area (Å²) in [7, 11) is 0. The van der Waals surface area contributed by atoms with Crippen molar-refractivity contribution in [1.82, 2.24) is 10.1 Å². The summed E-state index contributed by atoms with van der Waals surface area (Å²) >= 11 is 0. The Balaban J connectivity index is 1.64. The van der Waals surface area contributed by atoms with E-state index in [9.17, 15) is 24.4 Å². The van der Waals surface area contributed by atoms with Crippen molar-refractivity contribution in [2.45, 2.75) is 194 Å². The number of hydrogen-bond acceptors (Lipinski definition) is 11. The molecule has 2 fully saturated rings. The van der Waals surface area contributed by atoms with Crippen LogP contribution in [-0.2, 0) is 48.2 Å². The van der Waals surface area contributed by atoms with Gasteiger partial charge in [-0.2, -0.15) is 5.06 Å². The predicted octanol–water partition coefficient (Wildman–Crippen LogP) is 6.60. The molecule has 0 amide bonds. The van der Waals surface area contributed by atoms with Crippen LogP contribution in [0.1, 0.15) is 153 Å². The highest BCUT2D eigenvalue weighted by atomic mass is 16.7. The van der Waals surface area contributed by atoms with Crippen molar-refractivity contribution in [3.05, 3.63) is 0 Å². The monoisotopic (exact) mass is 683 g/mol. The number of unbranched alkanes of at least 4 members (excludes halogenated alkanes) is 5. The summed E-state index contributed by atoms with van der Waals surface area (Å²) in [6.45, 7) is 20.0. The fourth-order valence-corrected chi connectivity index (χ4v) is 7.16. The van der Waals surface area contributed by atoms with Gasteiger partial charge in [0.1, 0.15) is 12.2 Å². The number of rotatable bonds is 17. The van der Waals surface area contributed by atoms with Crippen molar-refractivity contribution in [3.63, 3.8) is 0 Å². The number of hydroxylamine groups is 4. The summed E-state index contributed by atoms with van der Waals surface area (Å²) < 4.78 is 21.6. The largest absolute Gasteiger partial charge is 0.462 e. The van der Waals surface area contributed by atoms with E-state index in [1.165, 1.54) is 0 Å². The molecule has 2 aliphatic heterocycles. The molecule has 1 atom stereocenters.